The Morgan fingerprint density at radius 2 is 1.40 bits per heavy atom. The van der Waals surface area contributed by atoms with E-state index in [-0.39, 0.29) is 13.1 Å². The van der Waals surface area contributed by atoms with Crippen LogP contribution < -0.4 is 0 Å². The van der Waals surface area contributed by atoms with E-state index in [2.05, 4.69) is 24.3 Å². The van der Waals surface area contributed by atoms with E-state index in [1.165, 1.54) is 16.7 Å². The zero-order chi connectivity index (χ0) is 21.3. The lowest BCUT2D eigenvalue weighted by atomic mass is 10.0. The highest BCUT2D eigenvalue weighted by Crippen LogP contribution is 2.24. The third kappa shape index (κ3) is 6.35. The molecule has 0 unspecified atom stereocenters. The molecule has 0 bridgehead atoms. The molecule has 0 aliphatic carbocycles. The monoisotopic (exact) mass is 415 g/mol. The molecule has 1 heterocycles. The van der Waals surface area contributed by atoms with Crippen LogP contribution in [0.3, 0.4) is 0 Å². The highest BCUT2D eigenvalue weighted by Gasteiger charge is 2.35. The molecule has 0 saturated carbocycles. The molecule has 0 amide bonds. The molecule has 4 atom stereocenters. The maximum atomic E-state index is 9.92. The number of rotatable bonds is 9. The molecule has 30 heavy (non-hydrogen) atoms. The summed E-state index contributed by atoms with van der Waals surface area (Å²) < 4.78 is 5.90. The molecule has 1 aliphatic rings. The first-order valence-corrected chi connectivity index (χ1v) is 10.7. The van der Waals surface area contributed by atoms with Gasteiger partial charge in [-0.05, 0) is 42.5 Å². The summed E-state index contributed by atoms with van der Waals surface area (Å²) in [6.45, 7) is 2.45. The molecule has 0 spiro atoms. The quantitative estimate of drug-likeness (QED) is 0.467. The van der Waals surface area contributed by atoms with Crippen molar-refractivity contribution >= 4 is 0 Å². The predicted octanol–water partition coefficient (Wildman–Crippen LogP) is 1.80. The van der Waals surface area contributed by atoms with E-state index >= 15 is 0 Å². The Hall–Kier alpha value is -1.80. The molecule has 164 valence electrons. The minimum atomic E-state index is -1.31. The molecular formula is C24H33NO5. The summed E-state index contributed by atoms with van der Waals surface area (Å²) in [5.74, 6) is 0. The SMILES string of the molecule is O[C@H]1[C@H](O)[C@@H](O)CN(CCCCCOCc2ccccc2-c2ccccc2)C[C@@H]1O. The van der Waals surface area contributed by atoms with Gasteiger partial charge in [-0.25, -0.2) is 0 Å². The Bertz CT molecular complexity index is 740. The lowest BCUT2D eigenvalue weighted by molar-refractivity contribution is -0.0894. The first-order chi connectivity index (χ1) is 14.6. The fourth-order valence-corrected chi connectivity index (χ4v) is 3.90. The molecule has 3 rings (SSSR count). The van der Waals surface area contributed by atoms with E-state index in [4.69, 9.17) is 4.74 Å². The summed E-state index contributed by atoms with van der Waals surface area (Å²) in [4.78, 5) is 1.89. The van der Waals surface area contributed by atoms with Crippen LogP contribution in [0.15, 0.2) is 54.6 Å². The second-order valence-electron chi connectivity index (χ2n) is 8.01. The molecule has 0 aromatic heterocycles. The summed E-state index contributed by atoms with van der Waals surface area (Å²) in [5, 5.41) is 39.4. The van der Waals surface area contributed by atoms with Crippen molar-refractivity contribution < 1.29 is 25.2 Å². The highest BCUT2D eigenvalue weighted by molar-refractivity contribution is 5.66. The molecule has 1 saturated heterocycles. The smallest absolute Gasteiger partial charge is 0.110 e. The minimum absolute atomic E-state index is 0.252. The van der Waals surface area contributed by atoms with Gasteiger partial charge in [0.05, 0.1) is 18.8 Å². The Kier molecular flexibility index (Phi) is 8.81. The number of hydrogen-bond acceptors (Lipinski definition) is 6. The zero-order valence-corrected chi connectivity index (χ0v) is 17.3. The van der Waals surface area contributed by atoms with Crippen LogP contribution in [0.25, 0.3) is 11.1 Å². The van der Waals surface area contributed by atoms with Crippen LogP contribution in [0.1, 0.15) is 24.8 Å². The molecule has 2 aromatic rings. The van der Waals surface area contributed by atoms with Crippen molar-refractivity contribution in [2.75, 3.05) is 26.2 Å². The average Bonchev–Trinajstić information content (AvgIpc) is 2.86. The van der Waals surface area contributed by atoms with Crippen molar-refractivity contribution in [1.29, 1.82) is 0 Å². The first-order valence-electron chi connectivity index (χ1n) is 10.7. The third-order valence-electron chi connectivity index (χ3n) is 5.65. The van der Waals surface area contributed by atoms with Crippen LogP contribution in [0.2, 0.25) is 0 Å². The lowest BCUT2D eigenvalue weighted by Gasteiger charge is -2.23. The highest BCUT2D eigenvalue weighted by atomic mass is 16.5. The molecular weight excluding hydrogens is 382 g/mol. The second-order valence-corrected chi connectivity index (χ2v) is 8.01. The van der Waals surface area contributed by atoms with Crippen LogP contribution >= 0.6 is 0 Å². The van der Waals surface area contributed by atoms with E-state index in [0.717, 1.165) is 19.3 Å². The third-order valence-corrected chi connectivity index (χ3v) is 5.65. The summed E-state index contributed by atoms with van der Waals surface area (Å²) >= 11 is 0. The van der Waals surface area contributed by atoms with Crippen LogP contribution in [-0.2, 0) is 11.3 Å². The number of benzene rings is 2. The maximum absolute atomic E-state index is 9.92. The van der Waals surface area contributed by atoms with E-state index in [1.54, 1.807) is 0 Å². The Morgan fingerprint density at radius 3 is 2.10 bits per heavy atom. The van der Waals surface area contributed by atoms with E-state index < -0.39 is 24.4 Å². The number of hydrogen-bond donors (Lipinski definition) is 4. The summed E-state index contributed by atoms with van der Waals surface area (Å²) in [7, 11) is 0. The number of unbranched alkanes of at least 4 members (excludes halogenated alkanes) is 2. The molecule has 6 heteroatoms. The van der Waals surface area contributed by atoms with Gasteiger partial charge in [-0.15, -0.1) is 0 Å². The van der Waals surface area contributed by atoms with E-state index in [1.807, 2.05) is 35.2 Å². The van der Waals surface area contributed by atoms with Gasteiger partial charge in [-0.3, -0.25) is 4.90 Å². The number of aliphatic hydroxyl groups is 4. The largest absolute Gasteiger partial charge is 0.389 e. The van der Waals surface area contributed by atoms with Gasteiger partial charge in [-0.2, -0.15) is 0 Å². The van der Waals surface area contributed by atoms with Crippen LogP contribution in [0.4, 0.5) is 0 Å². The van der Waals surface area contributed by atoms with Gasteiger partial charge in [0.2, 0.25) is 0 Å². The van der Waals surface area contributed by atoms with E-state index in [9.17, 15) is 20.4 Å². The minimum Gasteiger partial charge on any atom is -0.389 e. The van der Waals surface area contributed by atoms with Crippen LogP contribution in [0, 0.1) is 0 Å². The van der Waals surface area contributed by atoms with Crippen molar-refractivity contribution in [2.45, 2.75) is 50.3 Å². The van der Waals surface area contributed by atoms with Gasteiger partial charge in [0.1, 0.15) is 12.2 Å². The van der Waals surface area contributed by atoms with Gasteiger partial charge in [0, 0.05) is 19.7 Å². The van der Waals surface area contributed by atoms with Crippen LogP contribution in [0.5, 0.6) is 0 Å². The van der Waals surface area contributed by atoms with Gasteiger partial charge in [0.15, 0.2) is 0 Å². The molecule has 1 fully saturated rings. The van der Waals surface area contributed by atoms with Gasteiger partial charge in [-0.1, -0.05) is 54.6 Å². The number of likely N-dealkylation sites (tertiary alicyclic amines) is 1. The number of aliphatic hydroxyl groups excluding tert-OH is 4. The summed E-state index contributed by atoms with van der Waals surface area (Å²) in [6.07, 6.45) is -1.92. The second kappa shape index (κ2) is 11.6. The molecule has 2 aromatic carbocycles. The molecule has 1 aliphatic heterocycles. The van der Waals surface area contributed by atoms with Crippen LogP contribution in [-0.4, -0.2) is 76.0 Å². The predicted molar refractivity (Wildman–Crippen MR) is 116 cm³/mol. The van der Waals surface area contributed by atoms with Crippen molar-refractivity contribution in [3.05, 3.63) is 60.2 Å². The number of β-amino-alcohol motifs (C(OH)–C–C–N with tert-alkyl or cyclic N) is 2. The summed E-state index contributed by atoms with van der Waals surface area (Å²) in [6, 6.07) is 18.6. The average molecular weight is 416 g/mol. The Balaban J connectivity index is 1.36. The van der Waals surface area contributed by atoms with Crippen molar-refractivity contribution in [3.63, 3.8) is 0 Å². The van der Waals surface area contributed by atoms with E-state index in [0.29, 0.717) is 19.8 Å². The van der Waals surface area contributed by atoms with Gasteiger partial charge >= 0.3 is 0 Å². The fourth-order valence-electron chi connectivity index (χ4n) is 3.90. The van der Waals surface area contributed by atoms with Crippen molar-refractivity contribution in [3.8, 4) is 11.1 Å². The summed E-state index contributed by atoms with van der Waals surface area (Å²) in [5.41, 5.74) is 3.56. The normalized spacial score (nSPS) is 25.2. The molecule has 0 radical (unpaired) electrons. The zero-order valence-electron chi connectivity index (χ0n) is 17.3. The number of ether oxygens (including phenoxy) is 1. The van der Waals surface area contributed by atoms with Crippen molar-refractivity contribution in [1.82, 2.24) is 4.90 Å². The standard InChI is InChI=1S/C24H33NO5/c26-21-15-25(16-22(27)24(29)23(21)28)13-7-2-8-14-30-17-19-11-5-6-12-20(19)18-9-3-1-4-10-18/h1,3-6,9-12,21-24,26-29H,2,7-8,13-17H2/t21-,22-,23+,24+/m0/s1. The Morgan fingerprint density at radius 1 is 0.767 bits per heavy atom. The first kappa shape index (κ1) is 22.9. The Labute approximate surface area is 178 Å². The van der Waals surface area contributed by atoms with Gasteiger partial charge in [0.25, 0.3) is 0 Å². The van der Waals surface area contributed by atoms with Gasteiger partial charge < -0.3 is 25.2 Å². The molecule has 6 nitrogen and oxygen atoms in total. The topological polar surface area (TPSA) is 93.4 Å². The fraction of sp³-hybridized carbons (Fsp3) is 0.500. The maximum Gasteiger partial charge on any atom is 0.110 e. The number of nitrogens with zero attached hydrogens (tertiary/aromatic N) is 1. The van der Waals surface area contributed by atoms with Crippen molar-refractivity contribution in [2.24, 2.45) is 0 Å². The molecule has 4 N–H and O–H groups in total. The lowest BCUT2D eigenvalue weighted by Crippen LogP contribution is -2.43.